The van der Waals surface area contributed by atoms with Crippen LogP contribution in [0.15, 0.2) is 53.5 Å². The Hall–Kier alpha value is -4.62. The molecule has 10 nitrogen and oxygen atoms in total. The van der Waals surface area contributed by atoms with E-state index < -0.39 is 48.4 Å². The lowest BCUT2D eigenvalue weighted by molar-refractivity contribution is -0.134. The number of nitrogens with zero attached hydrogens (tertiary/aromatic N) is 3. The molecule has 0 bridgehead atoms. The van der Waals surface area contributed by atoms with Crippen LogP contribution in [0.4, 0.5) is 28.0 Å². The number of hydrogen-bond acceptors (Lipinski definition) is 5. The van der Waals surface area contributed by atoms with E-state index >= 15 is 0 Å². The van der Waals surface area contributed by atoms with Crippen LogP contribution >= 0.6 is 0 Å². The number of alkyl halides is 3. The van der Waals surface area contributed by atoms with Crippen molar-refractivity contribution in [3.63, 3.8) is 0 Å². The summed E-state index contributed by atoms with van der Waals surface area (Å²) >= 11 is 0. The Morgan fingerprint density at radius 1 is 1.16 bits per heavy atom. The summed E-state index contributed by atoms with van der Waals surface area (Å²) in [6, 6.07) is 5.70. The fraction of sp³-hybridized carbons (Fsp3) is 0.379. The number of carbonyl (C=O) groups excluding carboxylic acids is 3. The van der Waals surface area contributed by atoms with Gasteiger partial charge in [0.25, 0.3) is 5.56 Å². The van der Waals surface area contributed by atoms with Crippen molar-refractivity contribution in [2.24, 2.45) is 7.05 Å². The molecule has 3 aromatic rings. The molecule has 3 amide bonds. The molecule has 0 unspecified atom stereocenters. The molecular weight excluding hydrogens is 574 g/mol. The molecule has 1 atom stereocenters. The Bertz CT molecular complexity index is 1580. The summed E-state index contributed by atoms with van der Waals surface area (Å²) in [5, 5.41) is 5.32. The SMILES string of the molecule is COC(=O)N[C@@H](CC/C=C/C(=O)N(C)C)C(=O)Nc1cccn(Cc2cc3cc(F)cc(CCC(F)(F)F)c3n2C)c1=O. The average molecular weight is 608 g/mol. The van der Waals surface area contributed by atoms with Gasteiger partial charge in [0.15, 0.2) is 0 Å². The molecule has 1 aromatic carbocycles. The number of pyridine rings is 1. The summed E-state index contributed by atoms with van der Waals surface area (Å²) in [5.41, 5.74) is 0.468. The average Bonchev–Trinajstić information content (AvgIpc) is 3.24. The normalized spacial score (nSPS) is 12.4. The van der Waals surface area contributed by atoms with Gasteiger partial charge in [-0.2, -0.15) is 13.2 Å². The van der Waals surface area contributed by atoms with Crippen LogP contribution in [0.1, 0.15) is 30.5 Å². The van der Waals surface area contributed by atoms with E-state index in [9.17, 15) is 36.7 Å². The van der Waals surface area contributed by atoms with Gasteiger partial charge in [0.1, 0.15) is 17.5 Å². The lowest BCUT2D eigenvalue weighted by Gasteiger charge is -2.17. The summed E-state index contributed by atoms with van der Waals surface area (Å²) in [7, 11) is 5.93. The number of anilines is 1. The summed E-state index contributed by atoms with van der Waals surface area (Å²) < 4.78 is 60.3. The van der Waals surface area contributed by atoms with Crippen molar-refractivity contribution in [3.8, 4) is 0 Å². The van der Waals surface area contributed by atoms with Crippen LogP contribution in [-0.2, 0) is 34.3 Å². The fourth-order valence-corrected chi connectivity index (χ4v) is 4.45. The number of benzene rings is 1. The second-order valence-corrected chi connectivity index (χ2v) is 10.1. The van der Waals surface area contributed by atoms with Gasteiger partial charge < -0.3 is 29.4 Å². The van der Waals surface area contributed by atoms with Crippen molar-refractivity contribution < 1.29 is 36.7 Å². The minimum Gasteiger partial charge on any atom is -0.453 e. The zero-order valence-corrected chi connectivity index (χ0v) is 24.1. The van der Waals surface area contributed by atoms with Gasteiger partial charge in [-0.05, 0) is 61.2 Å². The molecule has 43 heavy (non-hydrogen) atoms. The number of nitrogens with one attached hydrogen (secondary N) is 2. The predicted octanol–water partition coefficient (Wildman–Crippen LogP) is 4.11. The van der Waals surface area contributed by atoms with Gasteiger partial charge in [0.2, 0.25) is 11.8 Å². The third kappa shape index (κ3) is 8.93. The number of fused-ring (bicyclic) bond motifs is 1. The number of carbonyl (C=O) groups is 3. The molecule has 2 aromatic heterocycles. The largest absolute Gasteiger partial charge is 0.453 e. The van der Waals surface area contributed by atoms with Crippen molar-refractivity contribution in [2.75, 3.05) is 26.5 Å². The number of aromatic nitrogens is 2. The van der Waals surface area contributed by atoms with Crippen molar-refractivity contribution in [3.05, 3.63) is 76.1 Å². The lowest BCUT2D eigenvalue weighted by Crippen LogP contribution is -2.44. The highest BCUT2D eigenvalue weighted by Crippen LogP contribution is 2.29. The maximum atomic E-state index is 14.2. The minimum absolute atomic E-state index is 0.0252. The second-order valence-electron chi connectivity index (χ2n) is 10.1. The van der Waals surface area contributed by atoms with E-state index in [1.807, 2.05) is 0 Å². The Labute approximate surface area is 244 Å². The smallest absolute Gasteiger partial charge is 0.407 e. The Kier molecular flexibility index (Phi) is 10.7. The zero-order valence-electron chi connectivity index (χ0n) is 24.1. The molecule has 0 aliphatic rings. The molecule has 2 heterocycles. The molecule has 2 N–H and O–H groups in total. The van der Waals surface area contributed by atoms with Crippen molar-refractivity contribution >= 4 is 34.5 Å². The van der Waals surface area contributed by atoms with E-state index in [0.717, 1.165) is 13.2 Å². The van der Waals surface area contributed by atoms with E-state index in [1.165, 1.54) is 39.9 Å². The van der Waals surface area contributed by atoms with Crippen LogP contribution < -0.4 is 16.2 Å². The van der Waals surface area contributed by atoms with Crippen LogP contribution in [0.5, 0.6) is 0 Å². The first kappa shape index (κ1) is 32.9. The van der Waals surface area contributed by atoms with Crippen LogP contribution in [0.25, 0.3) is 10.9 Å². The van der Waals surface area contributed by atoms with Crippen molar-refractivity contribution in [1.82, 2.24) is 19.4 Å². The Morgan fingerprint density at radius 3 is 2.53 bits per heavy atom. The maximum absolute atomic E-state index is 14.2. The summed E-state index contributed by atoms with van der Waals surface area (Å²) in [5.74, 6) is -1.61. The first-order valence-corrected chi connectivity index (χ1v) is 13.3. The van der Waals surface area contributed by atoms with Crippen molar-refractivity contribution in [2.45, 2.75) is 44.4 Å². The van der Waals surface area contributed by atoms with E-state index in [1.54, 1.807) is 37.9 Å². The number of amides is 3. The highest BCUT2D eigenvalue weighted by Gasteiger charge is 2.27. The number of likely N-dealkylation sites (N-methyl/N-ethyl adjacent to an activating group) is 1. The van der Waals surface area contributed by atoms with Crippen LogP contribution in [-0.4, -0.2) is 65.4 Å². The first-order valence-electron chi connectivity index (χ1n) is 13.3. The van der Waals surface area contributed by atoms with Gasteiger partial charge >= 0.3 is 12.3 Å². The Morgan fingerprint density at radius 2 is 1.88 bits per heavy atom. The van der Waals surface area contributed by atoms with Gasteiger partial charge in [-0.3, -0.25) is 14.4 Å². The summed E-state index contributed by atoms with van der Waals surface area (Å²) in [6.07, 6.45) is -2.06. The highest BCUT2D eigenvalue weighted by molar-refractivity contribution is 5.96. The topological polar surface area (TPSA) is 115 Å². The molecule has 0 fully saturated rings. The number of halogens is 4. The standard InChI is InChI=1S/C29H33F4N5O5/c1-36(2)24(39)10-6-5-8-22(35-28(42)43-4)26(40)34-23-9-7-13-38(27(23)41)17-21-16-19-15-20(30)14-18(25(19)37(21)3)11-12-29(31,32)33/h6-7,9-10,13-16,22H,5,8,11-12,17H2,1-4H3,(H,34,40)(H,35,42)/b10-6+/t22-/m0/s1. The molecule has 0 aliphatic carbocycles. The Balaban J connectivity index is 1.82. The molecule has 0 radical (unpaired) electrons. The number of alkyl carbamates (subject to hydrolysis) is 1. The number of methoxy groups -OCH3 is 1. The van der Waals surface area contributed by atoms with E-state index in [2.05, 4.69) is 15.4 Å². The summed E-state index contributed by atoms with van der Waals surface area (Å²) in [4.78, 5) is 51.2. The van der Waals surface area contributed by atoms with Crippen molar-refractivity contribution in [1.29, 1.82) is 0 Å². The number of aryl methyl sites for hydroxylation is 2. The monoisotopic (exact) mass is 607 g/mol. The second kappa shape index (κ2) is 14.0. The summed E-state index contributed by atoms with van der Waals surface area (Å²) in [6.45, 7) is -0.0252. The van der Waals surface area contributed by atoms with Gasteiger partial charge in [0, 0.05) is 44.8 Å². The minimum atomic E-state index is -4.40. The molecule has 14 heteroatoms. The van der Waals surface area contributed by atoms with Crippen LogP contribution in [0.3, 0.4) is 0 Å². The van der Waals surface area contributed by atoms with Crippen LogP contribution in [0, 0.1) is 5.82 Å². The molecule has 0 saturated carbocycles. The van der Waals surface area contributed by atoms with E-state index in [0.29, 0.717) is 16.6 Å². The molecule has 232 valence electrons. The maximum Gasteiger partial charge on any atom is 0.407 e. The fourth-order valence-electron chi connectivity index (χ4n) is 4.45. The quantitative estimate of drug-likeness (QED) is 0.252. The number of ether oxygens (including phenoxy) is 1. The first-order chi connectivity index (χ1) is 20.2. The number of hydrogen-bond donors (Lipinski definition) is 2. The molecule has 0 saturated heterocycles. The number of rotatable bonds is 11. The molecule has 0 spiro atoms. The third-order valence-electron chi connectivity index (χ3n) is 6.68. The van der Waals surface area contributed by atoms with Crippen LogP contribution in [0.2, 0.25) is 0 Å². The predicted molar refractivity (Wildman–Crippen MR) is 152 cm³/mol. The zero-order chi connectivity index (χ0) is 31.9. The van der Waals surface area contributed by atoms with E-state index in [4.69, 9.17) is 0 Å². The lowest BCUT2D eigenvalue weighted by atomic mass is 10.1. The van der Waals surface area contributed by atoms with Gasteiger partial charge in [-0.15, -0.1) is 0 Å². The van der Waals surface area contributed by atoms with Gasteiger partial charge in [-0.25, -0.2) is 9.18 Å². The van der Waals surface area contributed by atoms with Gasteiger partial charge in [0.05, 0.1) is 19.2 Å². The number of allylic oxidation sites excluding steroid dienone is 1. The molecular formula is C29H33F4N5O5. The third-order valence-corrected chi connectivity index (χ3v) is 6.68. The molecule has 0 aliphatic heterocycles. The highest BCUT2D eigenvalue weighted by atomic mass is 19.4. The van der Waals surface area contributed by atoms with Gasteiger partial charge in [-0.1, -0.05) is 6.08 Å². The van der Waals surface area contributed by atoms with E-state index in [-0.39, 0.29) is 36.5 Å². The molecule has 3 rings (SSSR count).